The molecule has 2 aromatic carbocycles. The molecule has 0 aromatic heterocycles. The molecule has 1 heterocycles. The number of hydrogen-bond acceptors (Lipinski definition) is 5. The van der Waals surface area contributed by atoms with Crippen LogP contribution in [0.5, 0.6) is 11.5 Å². The zero-order valence-corrected chi connectivity index (χ0v) is 17.4. The van der Waals surface area contributed by atoms with E-state index >= 15 is 0 Å². The maximum atomic E-state index is 12.6. The summed E-state index contributed by atoms with van der Waals surface area (Å²) in [7, 11) is 0. The van der Waals surface area contributed by atoms with E-state index in [9.17, 15) is 14.4 Å². The number of ether oxygens (including phenoxy) is 2. The average molecular weight is 410 g/mol. The van der Waals surface area contributed by atoms with Crippen molar-refractivity contribution in [3.63, 3.8) is 0 Å². The van der Waals surface area contributed by atoms with Gasteiger partial charge in [0.25, 0.3) is 5.91 Å². The predicted molar refractivity (Wildman–Crippen MR) is 112 cm³/mol. The number of carbonyl (C=O) groups is 3. The van der Waals surface area contributed by atoms with Crippen molar-refractivity contribution < 1.29 is 23.9 Å². The molecule has 1 aliphatic rings. The molecular weight excluding hydrogens is 384 g/mol. The van der Waals surface area contributed by atoms with Crippen molar-refractivity contribution in [1.29, 1.82) is 0 Å². The van der Waals surface area contributed by atoms with Crippen molar-refractivity contribution in [2.45, 2.75) is 33.2 Å². The molecule has 7 heteroatoms. The molecule has 0 spiro atoms. The molecule has 30 heavy (non-hydrogen) atoms. The lowest BCUT2D eigenvalue weighted by Crippen LogP contribution is -2.47. The molecule has 0 unspecified atom stereocenters. The van der Waals surface area contributed by atoms with E-state index in [1.165, 1.54) is 0 Å². The minimum Gasteiger partial charge on any atom is -0.490 e. The van der Waals surface area contributed by atoms with E-state index in [0.29, 0.717) is 35.8 Å². The molecule has 2 aromatic rings. The highest BCUT2D eigenvalue weighted by atomic mass is 16.5. The number of amides is 3. The molecule has 3 amide bonds. The van der Waals surface area contributed by atoms with Crippen molar-refractivity contribution >= 4 is 17.7 Å². The lowest BCUT2D eigenvalue weighted by molar-refractivity contribution is -0.133. The Labute approximate surface area is 176 Å². The fourth-order valence-corrected chi connectivity index (χ4v) is 3.41. The SMILES string of the molecule is CCOc1ccc([C@H](C)NC(=O)CN2C(=O)Cc3ccccc3C2=O)cc1OCC. The van der Waals surface area contributed by atoms with Crippen molar-refractivity contribution in [2.24, 2.45) is 0 Å². The van der Waals surface area contributed by atoms with Gasteiger partial charge in [0.1, 0.15) is 6.54 Å². The van der Waals surface area contributed by atoms with E-state index in [1.54, 1.807) is 30.3 Å². The Morgan fingerprint density at radius 2 is 1.77 bits per heavy atom. The average Bonchev–Trinajstić information content (AvgIpc) is 2.72. The number of rotatable bonds is 8. The van der Waals surface area contributed by atoms with Gasteiger partial charge in [-0.1, -0.05) is 24.3 Å². The van der Waals surface area contributed by atoms with Gasteiger partial charge in [0, 0.05) is 5.56 Å². The molecule has 7 nitrogen and oxygen atoms in total. The number of nitrogens with one attached hydrogen (secondary N) is 1. The van der Waals surface area contributed by atoms with Crippen LogP contribution in [-0.2, 0) is 16.0 Å². The number of carbonyl (C=O) groups excluding carboxylic acids is 3. The molecule has 1 aliphatic heterocycles. The first-order valence-corrected chi connectivity index (χ1v) is 10.1. The van der Waals surface area contributed by atoms with Crippen LogP contribution in [0.25, 0.3) is 0 Å². The van der Waals surface area contributed by atoms with Gasteiger partial charge in [-0.3, -0.25) is 19.3 Å². The quantitative estimate of drug-likeness (QED) is 0.677. The van der Waals surface area contributed by atoms with Gasteiger partial charge in [0.2, 0.25) is 11.8 Å². The zero-order chi connectivity index (χ0) is 21.7. The molecule has 0 fully saturated rings. The standard InChI is InChI=1S/C23H26N2O5/c1-4-29-19-11-10-16(12-20(19)30-5-2)15(3)24-21(26)14-25-22(27)13-17-8-6-7-9-18(17)23(25)28/h6-12,15H,4-5,13-14H2,1-3H3,(H,24,26)/t15-/m0/s1. The lowest BCUT2D eigenvalue weighted by Gasteiger charge is -2.27. The van der Waals surface area contributed by atoms with Crippen molar-refractivity contribution in [3.05, 3.63) is 59.2 Å². The van der Waals surface area contributed by atoms with Crippen LogP contribution < -0.4 is 14.8 Å². The second kappa shape index (κ2) is 9.43. The van der Waals surface area contributed by atoms with Crippen LogP contribution in [-0.4, -0.2) is 42.4 Å². The van der Waals surface area contributed by atoms with Crippen LogP contribution in [0, 0.1) is 0 Å². The Morgan fingerprint density at radius 1 is 1.07 bits per heavy atom. The number of benzene rings is 2. The van der Waals surface area contributed by atoms with E-state index < -0.39 is 11.8 Å². The van der Waals surface area contributed by atoms with Crippen LogP contribution in [0.4, 0.5) is 0 Å². The fraction of sp³-hybridized carbons (Fsp3) is 0.348. The molecule has 158 valence electrons. The first-order chi connectivity index (χ1) is 14.4. The molecule has 0 aliphatic carbocycles. The second-order valence-corrected chi connectivity index (χ2v) is 6.98. The summed E-state index contributed by atoms with van der Waals surface area (Å²) < 4.78 is 11.2. The number of hydrogen-bond donors (Lipinski definition) is 1. The van der Waals surface area contributed by atoms with E-state index in [2.05, 4.69) is 5.32 Å². The third kappa shape index (κ3) is 4.62. The molecule has 0 radical (unpaired) electrons. The smallest absolute Gasteiger partial charge is 0.261 e. The molecular formula is C23H26N2O5. The van der Waals surface area contributed by atoms with Crippen LogP contribution in [0.1, 0.15) is 48.3 Å². The van der Waals surface area contributed by atoms with Gasteiger partial charge in [0.05, 0.1) is 25.7 Å². The summed E-state index contributed by atoms with van der Waals surface area (Å²) in [5.74, 6) is 0.0294. The Kier molecular flexibility index (Phi) is 6.72. The van der Waals surface area contributed by atoms with Crippen molar-refractivity contribution in [3.8, 4) is 11.5 Å². The minimum atomic E-state index is -0.440. The molecule has 3 rings (SSSR count). The fourth-order valence-electron chi connectivity index (χ4n) is 3.41. The van der Waals surface area contributed by atoms with Crippen LogP contribution in [0.15, 0.2) is 42.5 Å². The Bertz CT molecular complexity index is 956. The first kappa shape index (κ1) is 21.4. The minimum absolute atomic E-state index is 0.112. The van der Waals surface area contributed by atoms with Gasteiger partial charge in [-0.05, 0) is 50.1 Å². The highest BCUT2D eigenvalue weighted by molar-refractivity contribution is 6.11. The van der Waals surface area contributed by atoms with Crippen LogP contribution in [0.3, 0.4) is 0 Å². The Morgan fingerprint density at radius 3 is 2.50 bits per heavy atom. The molecule has 1 atom stereocenters. The van der Waals surface area contributed by atoms with E-state index in [-0.39, 0.29) is 24.9 Å². The van der Waals surface area contributed by atoms with E-state index in [0.717, 1.165) is 10.5 Å². The lowest BCUT2D eigenvalue weighted by atomic mass is 9.98. The summed E-state index contributed by atoms with van der Waals surface area (Å²) in [6.07, 6.45) is 0.112. The van der Waals surface area contributed by atoms with Gasteiger partial charge in [-0.25, -0.2) is 0 Å². The van der Waals surface area contributed by atoms with Crippen LogP contribution in [0.2, 0.25) is 0 Å². The monoisotopic (exact) mass is 410 g/mol. The topological polar surface area (TPSA) is 84.9 Å². The summed E-state index contributed by atoms with van der Waals surface area (Å²) in [6, 6.07) is 12.1. The highest BCUT2D eigenvalue weighted by Crippen LogP contribution is 2.30. The number of fused-ring (bicyclic) bond motifs is 1. The normalized spacial score (nSPS) is 14.2. The Hall–Kier alpha value is -3.35. The maximum absolute atomic E-state index is 12.6. The Balaban J connectivity index is 1.68. The maximum Gasteiger partial charge on any atom is 0.261 e. The van der Waals surface area contributed by atoms with Gasteiger partial charge in [-0.15, -0.1) is 0 Å². The first-order valence-electron chi connectivity index (χ1n) is 10.1. The predicted octanol–water partition coefficient (Wildman–Crippen LogP) is 2.89. The molecule has 0 saturated carbocycles. The highest BCUT2D eigenvalue weighted by Gasteiger charge is 2.32. The van der Waals surface area contributed by atoms with E-state index in [4.69, 9.17) is 9.47 Å². The van der Waals surface area contributed by atoms with Gasteiger partial charge >= 0.3 is 0 Å². The summed E-state index contributed by atoms with van der Waals surface area (Å²) in [6.45, 7) is 6.31. The molecule has 0 saturated heterocycles. The number of imide groups is 1. The zero-order valence-electron chi connectivity index (χ0n) is 17.4. The number of nitrogens with zero attached hydrogens (tertiary/aromatic N) is 1. The van der Waals surface area contributed by atoms with E-state index in [1.807, 2.05) is 32.9 Å². The van der Waals surface area contributed by atoms with Gasteiger partial charge in [0.15, 0.2) is 11.5 Å². The molecule has 1 N–H and O–H groups in total. The third-order valence-corrected chi connectivity index (χ3v) is 4.88. The third-order valence-electron chi connectivity index (χ3n) is 4.88. The summed E-state index contributed by atoms with van der Waals surface area (Å²) in [4.78, 5) is 38.6. The van der Waals surface area contributed by atoms with Crippen molar-refractivity contribution in [2.75, 3.05) is 19.8 Å². The summed E-state index contributed by atoms with van der Waals surface area (Å²) >= 11 is 0. The summed E-state index contributed by atoms with van der Waals surface area (Å²) in [5.41, 5.74) is 1.98. The van der Waals surface area contributed by atoms with Crippen LogP contribution >= 0.6 is 0 Å². The second-order valence-electron chi connectivity index (χ2n) is 6.98. The van der Waals surface area contributed by atoms with Gasteiger partial charge < -0.3 is 14.8 Å². The van der Waals surface area contributed by atoms with Gasteiger partial charge in [-0.2, -0.15) is 0 Å². The summed E-state index contributed by atoms with van der Waals surface area (Å²) in [5, 5.41) is 2.85. The molecule has 0 bridgehead atoms. The van der Waals surface area contributed by atoms with Crippen molar-refractivity contribution in [1.82, 2.24) is 10.2 Å². The largest absolute Gasteiger partial charge is 0.490 e.